The summed E-state index contributed by atoms with van der Waals surface area (Å²) in [5.41, 5.74) is 13.2. The standard InChI is InChI=1S/C18H22BrN7O.HNO/c1-2-8-26(25-20)9-4-3-5-16-6-7-17(24-23-16)22-18(27)11-14-10-15(19)13-21-12-14;1-2/h2,6-8,10,12-13,20H,3-5,9,11H2,1H3,(H,22,24,27);1H/b8-2+,25-20?;. The van der Waals surface area contributed by atoms with E-state index >= 15 is 0 Å². The SMILES string of the molecule is C/C=C/N(CCCCc1ccc(NC(=O)Cc2cncc(Br)c2)nn1)N=N.N=O. The molecular formula is C18H23BrN8O2. The van der Waals surface area contributed by atoms with E-state index in [1.165, 1.54) is 0 Å². The van der Waals surface area contributed by atoms with Gasteiger partial charge in [0.25, 0.3) is 0 Å². The van der Waals surface area contributed by atoms with Crippen molar-refractivity contribution in [2.45, 2.75) is 32.6 Å². The molecule has 0 radical (unpaired) electrons. The van der Waals surface area contributed by atoms with Gasteiger partial charge in [-0.2, -0.15) is 15.5 Å². The number of rotatable bonds is 10. The molecule has 29 heavy (non-hydrogen) atoms. The monoisotopic (exact) mass is 462 g/mol. The van der Waals surface area contributed by atoms with Crippen LogP contribution < -0.4 is 5.32 Å². The van der Waals surface area contributed by atoms with Gasteiger partial charge in [-0.3, -0.25) is 14.8 Å². The summed E-state index contributed by atoms with van der Waals surface area (Å²) in [6.45, 7) is 2.59. The fourth-order valence-corrected chi connectivity index (χ4v) is 2.81. The zero-order valence-corrected chi connectivity index (χ0v) is 17.6. The summed E-state index contributed by atoms with van der Waals surface area (Å²) in [6.07, 6.45) is 9.77. The van der Waals surface area contributed by atoms with E-state index in [9.17, 15) is 4.79 Å². The van der Waals surface area contributed by atoms with Gasteiger partial charge in [0.15, 0.2) is 5.82 Å². The molecule has 10 nitrogen and oxygen atoms in total. The number of amides is 1. The van der Waals surface area contributed by atoms with Crippen molar-refractivity contribution in [3.8, 4) is 0 Å². The Bertz CT molecular complexity index is 801. The van der Waals surface area contributed by atoms with Crippen LogP contribution in [-0.4, -0.2) is 32.6 Å². The summed E-state index contributed by atoms with van der Waals surface area (Å²) in [6, 6.07) is 5.47. The molecule has 0 spiro atoms. The number of allylic oxidation sites excluding steroid dienone is 1. The second kappa shape index (κ2) is 14.0. The Morgan fingerprint density at radius 3 is 2.69 bits per heavy atom. The van der Waals surface area contributed by atoms with Crippen LogP contribution in [0.15, 0.2) is 52.6 Å². The lowest BCUT2D eigenvalue weighted by Crippen LogP contribution is -2.16. The van der Waals surface area contributed by atoms with Crippen molar-refractivity contribution in [1.82, 2.24) is 20.2 Å². The molecule has 0 bridgehead atoms. The van der Waals surface area contributed by atoms with E-state index in [0.717, 1.165) is 35.0 Å². The van der Waals surface area contributed by atoms with Gasteiger partial charge in [-0.25, -0.2) is 0 Å². The topological polar surface area (TPSA) is 148 Å². The summed E-state index contributed by atoms with van der Waals surface area (Å²) < 4.78 is 0.835. The molecule has 2 aromatic heterocycles. The highest BCUT2D eigenvalue weighted by Crippen LogP contribution is 2.11. The lowest BCUT2D eigenvalue weighted by atomic mass is 10.2. The zero-order valence-electron chi connectivity index (χ0n) is 16.0. The van der Waals surface area contributed by atoms with Crippen LogP contribution in [0.1, 0.15) is 31.0 Å². The van der Waals surface area contributed by atoms with Gasteiger partial charge in [0.1, 0.15) is 0 Å². The maximum Gasteiger partial charge on any atom is 0.230 e. The summed E-state index contributed by atoms with van der Waals surface area (Å²) in [7, 11) is 0. The maximum absolute atomic E-state index is 12.1. The first-order valence-electron chi connectivity index (χ1n) is 8.80. The average Bonchev–Trinajstić information content (AvgIpc) is 2.73. The highest BCUT2D eigenvalue weighted by Gasteiger charge is 2.07. The van der Waals surface area contributed by atoms with Gasteiger partial charge in [0.2, 0.25) is 5.91 Å². The van der Waals surface area contributed by atoms with Gasteiger partial charge in [-0.05, 0) is 65.9 Å². The lowest BCUT2D eigenvalue weighted by molar-refractivity contribution is -0.115. The minimum Gasteiger partial charge on any atom is -0.309 e. The third-order valence-corrected chi connectivity index (χ3v) is 4.07. The van der Waals surface area contributed by atoms with E-state index in [1.54, 1.807) is 29.7 Å². The molecule has 0 aliphatic heterocycles. The molecule has 3 N–H and O–H groups in total. The smallest absolute Gasteiger partial charge is 0.230 e. The fourth-order valence-electron chi connectivity index (χ4n) is 2.39. The second-order valence-electron chi connectivity index (χ2n) is 5.85. The molecule has 0 saturated carbocycles. The zero-order chi connectivity index (χ0) is 21.5. The molecule has 1 amide bonds. The Morgan fingerprint density at radius 1 is 1.28 bits per heavy atom. The molecule has 0 unspecified atom stereocenters. The Morgan fingerprint density at radius 2 is 2.07 bits per heavy atom. The normalized spacial score (nSPS) is 10.1. The highest BCUT2D eigenvalue weighted by atomic mass is 79.9. The van der Waals surface area contributed by atoms with E-state index in [0.29, 0.717) is 12.4 Å². The molecule has 2 aromatic rings. The van der Waals surface area contributed by atoms with Gasteiger partial charge in [-0.1, -0.05) is 16.9 Å². The summed E-state index contributed by atoms with van der Waals surface area (Å²) in [5, 5.41) is 16.0. The van der Waals surface area contributed by atoms with Crippen molar-refractivity contribution >= 4 is 27.7 Å². The van der Waals surface area contributed by atoms with Crippen LogP contribution in [0.5, 0.6) is 0 Å². The molecule has 2 heterocycles. The minimum atomic E-state index is -0.167. The number of aryl methyl sites for hydroxylation is 1. The first-order valence-corrected chi connectivity index (χ1v) is 9.59. The molecule has 0 saturated heterocycles. The molecule has 11 heteroatoms. The fraction of sp³-hybridized carbons (Fsp3) is 0.333. The quantitative estimate of drug-likeness (QED) is 0.208. The van der Waals surface area contributed by atoms with Crippen LogP contribution >= 0.6 is 15.9 Å². The number of hydrogen-bond donors (Lipinski definition) is 3. The predicted molar refractivity (Wildman–Crippen MR) is 112 cm³/mol. The molecular weight excluding hydrogens is 440 g/mol. The number of carbonyl (C=O) groups is 1. The number of carbonyl (C=O) groups excluding carboxylic acids is 1. The van der Waals surface area contributed by atoms with Crippen molar-refractivity contribution in [3.63, 3.8) is 0 Å². The van der Waals surface area contributed by atoms with Gasteiger partial charge in [0, 0.05) is 29.6 Å². The number of pyridine rings is 1. The largest absolute Gasteiger partial charge is 0.309 e. The van der Waals surface area contributed by atoms with Crippen LogP contribution in [0, 0.1) is 16.0 Å². The number of halogens is 1. The number of hydrogen-bond acceptors (Lipinski definition) is 8. The number of nitrogens with zero attached hydrogens (tertiary/aromatic N) is 5. The predicted octanol–water partition coefficient (Wildman–Crippen LogP) is 4.25. The van der Waals surface area contributed by atoms with Crippen LogP contribution in [0.25, 0.3) is 0 Å². The van der Waals surface area contributed by atoms with Crippen molar-refractivity contribution < 1.29 is 4.79 Å². The van der Waals surface area contributed by atoms with Gasteiger partial charge in [-0.15, -0.1) is 5.10 Å². The summed E-state index contributed by atoms with van der Waals surface area (Å²) in [5.74, 6) is 0.263. The Balaban J connectivity index is 0.00000204. The Hall–Kier alpha value is -3.08. The van der Waals surface area contributed by atoms with Gasteiger partial charge in [0.05, 0.1) is 12.1 Å². The van der Waals surface area contributed by atoms with Gasteiger partial charge < -0.3 is 5.32 Å². The minimum absolute atomic E-state index is 0.167. The molecule has 154 valence electrons. The molecule has 0 atom stereocenters. The van der Waals surface area contributed by atoms with E-state index < -0.39 is 0 Å². The highest BCUT2D eigenvalue weighted by molar-refractivity contribution is 9.10. The average molecular weight is 463 g/mol. The third kappa shape index (κ3) is 9.60. The van der Waals surface area contributed by atoms with Crippen LogP contribution in [-0.2, 0) is 17.6 Å². The van der Waals surface area contributed by atoms with E-state index in [1.807, 2.05) is 25.1 Å². The summed E-state index contributed by atoms with van der Waals surface area (Å²) in [4.78, 5) is 23.6. The Labute approximate surface area is 177 Å². The van der Waals surface area contributed by atoms with Crippen LogP contribution in [0.2, 0.25) is 0 Å². The van der Waals surface area contributed by atoms with Gasteiger partial charge >= 0.3 is 0 Å². The van der Waals surface area contributed by atoms with Crippen LogP contribution in [0.3, 0.4) is 0 Å². The van der Waals surface area contributed by atoms with Crippen molar-refractivity contribution in [2.75, 3.05) is 11.9 Å². The van der Waals surface area contributed by atoms with Crippen molar-refractivity contribution in [2.24, 2.45) is 5.22 Å². The number of aromatic nitrogens is 3. The number of nitrogens with one attached hydrogen (secondary N) is 3. The molecule has 0 fully saturated rings. The van der Waals surface area contributed by atoms with Crippen molar-refractivity contribution in [1.29, 1.82) is 11.1 Å². The molecule has 2 rings (SSSR count). The number of nitroso groups, excluding NO2 is 1. The van der Waals surface area contributed by atoms with E-state index in [4.69, 9.17) is 10.4 Å². The maximum atomic E-state index is 12.1. The van der Waals surface area contributed by atoms with E-state index in [-0.39, 0.29) is 12.3 Å². The first-order chi connectivity index (χ1) is 14.1. The lowest BCUT2D eigenvalue weighted by Gasteiger charge is -2.11. The second-order valence-corrected chi connectivity index (χ2v) is 6.76. The van der Waals surface area contributed by atoms with Crippen molar-refractivity contribution in [3.05, 3.63) is 63.5 Å². The van der Waals surface area contributed by atoms with E-state index in [2.05, 4.69) is 47.2 Å². The van der Waals surface area contributed by atoms with Crippen LogP contribution in [0.4, 0.5) is 5.82 Å². The summed E-state index contributed by atoms with van der Waals surface area (Å²) >= 11 is 3.34. The number of anilines is 1. The Kier molecular flexibility index (Phi) is 11.6. The third-order valence-electron chi connectivity index (χ3n) is 3.63. The molecule has 0 aliphatic carbocycles. The molecule has 0 aromatic carbocycles. The number of unbranched alkanes of at least 4 members (excludes halogenated alkanes) is 1. The molecule has 0 aliphatic rings. The first kappa shape index (κ1) is 24.0.